The van der Waals surface area contributed by atoms with E-state index in [-0.39, 0.29) is 0 Å². The maximum absolute atomic E-state index is 9.07. The molecule has 0 radical (unpaired) electrons. The van der Waals surface area contributed by atoms with Gasteiger partial charge in [0.2, 0.25) is 0 Å². The van der Waals surface area contributed by atoms with E-state index in [9.17, 15) is 0 Å². The molecule has 0 aliphatic heterocycles. The Hall–Kier alpha value is -1.60. The summed E-state index contributed by atoms with van der Waals surface area (Å²) in [6.07, 6.45) is 1.18. The predicted molar refractivity (Wildman–Crippen MR) is 53.9 cm³/mol. The van der Waals surface area contributed by atoms with Gasteiger partial charge in [0, 0.05) is 12.7 Å². The fourth-order valence-electron chi connectivity index (χ4n) is 1.08. The molecule has 0 saturated carbocycles. The van der Waals surface area contributed by atoms with Gasteiger partial charge in [-0.25, -0.2) is 4.98 Å². The third kappa shape index (κ3) is 2.44. The van der Waals surface area contributed by atoms with Gasteiger partial charge >= 0.3 is 0 Å². The molecule has 4 heteroatoms. The van der Waals surface area contributed by atoms with Gasteiger partial charge in [0.15, 0.2) is 0 Å². The van der Waals surface area contributed by atoms with Crippen molar-refractivity contribution in [2.24, 2.45) is 0 Å². The number of anilines is 1. The van der Waals surface area contributed by atoms with Crippen LogP contribution in [0.15, 0.2) is 12.3 Å². The zero-order valence-electron chi connectivity index (χ0n) is 8.28. The summed E-state index contributed by atoms with van der Waals surface area (Å²) in [6, 6.07) is 3.86. The second-order valence-electron chi connectivity index (χ2n) is 3.19. The smallest absolute Gasteiger partial charge is 0.144 e. The van der Waals surface area contributed by atoms with Crippen LogP contribution in [-0.2, 0) is 0 Å². The third-order valence-corrected chi connectivity index (χ3v) is 1.84. The number of aliphatic hydroxyl groups is 1. The summed E-state index contributed by atoms with van der Waals surface area (Å²) in [6.45, 7) is 3.92. The van der Waals surface area contributed by atoms with Crippen LogP contribution in [-0.4, -0.2) is 22.7 Å². The Kier molecular flexibility index (Phi) is 3.43. The first-order valence-corrected chi connectivity index (χ1v) is 4.42. The lowest BCUT2D eigenvalue weighted by Gasteiger charge is -2.09. The largest absolute Gasteiger partial charge is 0.392 e. The highest BCUT2D eigenvalue weighted by Crippen LogP contribution is 2.14. The number of rotatable bonds is 3. The quantitative estimate of drug-likeness (QED) is 0.749. The highest BCUT2D eigenvalue weighted by atomic mass is 16.3. The van der Waals surface area contributed by atoms with Crippen LogP contribution < -0.4 is 5.32 Å². The van der Waals surface area contributed by atoms with Crippen molar-refractivity contribution < 1.29 is 5.11 Å². The van der Waals surface area contributed by atoms with E-state index >= 15 is 0 Å². The summed E-state index contributed by atoms with van der Waals surface area (Å²) in [5.41, 5.74) is 1.42. The van der Waals surface area contributed by atoms with Crippen molar-refractivity contribution in [3.8, 4) is 6.07 Å². The highest BCUT2D eigenvalue weighted by Gasteiger charge is 2.06. The molecule has 4 nitrogen and oxygen atoms in total. The molecule has 0 aliphatic carbocycles. The zero-order valence-corrected chi connectivity index (χ0v) is 8.28. The Bertz CT molecular complexity index is 355. The normalized spacial score (nSPS) is 11.9. The number of hydrogen-bond donors (Lipinski definition) is 2. The van der Waals surface area contributed by atoms with Gasteiger partial charge in [-0.2, -0.15) is 5.26 Å². The fourth-order valence-corrected chi connectivity index (χ4v) is 1.08. The van der Waals surface area contributed by atoms with Gasteiger partial charge in [-0.1, -0.05) is 0 Å². The molecular formula is C10H13N3O. The molecule has 0 spiro atoms. The Balaban J connectivity index is 2.87. The molecule has 1 rings (SSSR count). The fraction of sp³-hybridized carbons (Fsp3) is 0.400. The van der Waals surface area contributed by atoms with Crippen LogP contribution in [0, 0.1) is 18.3 Å². The topological polar surface area (TPSA) is 68.9 Å². The lowest BCUT2D eigenvalue weighted by atomic mass is 10.1. The summed E-state index contributed by atoms with van der Waals surface area (Å²) in [4.78, 5) is 4.04. The Morgan fingerprint density at radius 2 is 2.43 bits per heavy atom. The van der Waals surface area contributed by atoms with Crippen LogP contribution >= 0.6 is 0 Å². The molecule has 0 aliphatic rings. The minimum absolute atomic E-state index is 0.394. The van der Waals surface area contributed by atoms with Gasteiger partial charge in [-0.15, -0.1) is 0 Å². The second kappa shape index (κ2) is 4.58. The number of aryl methyl sites for hydroxylation is 1. The molecule has 1 aromatic rings. The molecule has 1 atom stereocenters. The molecule has 14 heavy (non-hydrogen) atoms. The van der Waals surface area contributed by atoms with E-state index < -0.39 is 6.10 Å². The molecule has 0 unspecified atom stereocenters. The van der Waals surface area contributed by atoms with Crippen LogP contribution in [0.25, 0.3) is 0 Å². The first-order chi connectivity index (χ1) is 6.65. The lowest BCUT2D eigenvalue weighted by Crippen LogP contribution is -2.17. The predicted octanol–water partition coefficient (Wildman–Crippen LogP) is 1.05. The molecule has 1 aromatic heterocycles. The van der Waals surface area contributed by atoms with Crippen molar-refractivity contribution in [2.45, 2.75) is 20.0 Å². The second-order valence-corrected chi connectivity index (χ2v) is 3.19. The monoisotopic (exact) mass is 191 g/mol. The SMILES string of the molecule is Cc1ccnc(NC[C@H](C)O)c1C#N. The molecule has 0 aromatic carbocycles. The number of nitrogens with zero attached hydrogens (tertiary/aromatic N) is 2. The summed E-state index contributed by atoms with van der Waals surface area (Å²) in [5, 5.41) is 20.9. The molecule has 0 bridgehead atoms. The first kappa shape index (κ1) is 10.5. The van der Waals surface area contributed by atoms with Crippen molar-refractivity contribution in [3.63, 3.8) is 0 Å². The van der Waals surface area contributed by atoms with Crippen molar-refractivity contribution in [2.75, 3.05) is 11.9 Å². The number of nitriles is 1. The number of hydrogen-bond acceptors (Lipinski definition) is 4. The zero-order chi connectivity index (χ0) is 10.6. The van der Waals surface area contributed by atoms with Gasteiger partial charge in [-0.05, 0) is 25.5 Å². The van der Waals surface area contributed by atoms with Crippen molar-refractivity contribution >= 4 is 5.82 Å². The van der Waals surface area contributed by atoms with Gasteiger partial charge in [0.1, 0.15) is 11.9 Å². The molecule has 0 fully saturated rings. The summed E-state index contributed by atoms with van der Waals surface area (Å²) in [5.74, 6) is 0.536. The Morgan fingerprint density at radius 3 is 3.00 bits per heavy atom. The average Bonchev–Trinajstić information content (AvgIpc) is 2.14. The standard InChI is InChI=1S/C10H13N3O/c1-7-3-4-12-10(9(7)5-11)13-6-8(2)14/h3-4,8,14H,6H2,1-2H3,(H,12,13)/t8-/m0/s1. The highest BCUT2D eigenvalue weighted by molar-refractivity contribution is 5.55. The lowest BCUT2D eigenvalue weighted by molar-refractivity contribution is 0.208. The van der Waals surface area contributed by atoms with E-state index in [0.717, 1.165) is 5.56 Å². The minimum atomic E-state index is -0.455. The van der Waals surface area contributed by atoms with Crippen molar-refractivity contribution in [1.29, 1.82) is 5.26 Å². The van der Waals surface area contributed by atoms with E-state index in [4.69, 9.17) is 10.4 Å². The van der Waals surface area contributed by atoms with E-state index in [0.29, 0.717) is 17.9 Å². The van der Waals surface area contributed by atoms with Crippen molar-refractivity contribution in [3.05, 3.63) is 23.4 Å². The Labute approximate surface area is 83.2 Å². The molecule has 1 heterocycles. The molecule has 2 N–H and O–H groups in total. The van der Waals surface area contributed by atoms with Gasteiger partial charge in [-0.3, -0.25) is 0 Å². The maximum Gasteiger partial charge on any atom is 0.144 e. The minimum Gasteiger partial charge on any atom is -0.392 e. The Morgan fingerprint density at radius 1 is 1.71 bits per heavy atom. The van der Waals surface area contributed by atoms with Gasteiger partial charge in [0.05, 0.1) is 11.7 Å². The number of aliphatic hydroxyl groups excluding tert-OH is 1. The summed E-state index contributed by atoms with van der Waals surface area (Å²) >= 11 is 0. The van der Waals surface area contributed by atoms with Gasteiger partial charge in [0.25, 0.3) is 0 Å². The van der Waals surface area contributed by atoms with Crippen LogP contribution in [0.1, 0.15) is 18.1 Å². The van der Waals surface area contributed by atoms with Crippen molar-refractivity contribution in [1.82, 2.24) is 4.98 Å². The number of pyridine rings is 1. The van der Waals surface area contributed by atoms with E-state index in [1.165, 1.54) is 0 Å². The molecule has 74 valence electrons. The van der Waals surface area contributed by atoms with E-state index in [2.05, 4.69) is 16.4 Å². The molecular weight excluding hydrogens is 178 g/mol. The molecule has 0 amide bonds. The number of aromatic nitrogens is 1. The van der Waals surface area contributed by atoms with Crippen LogP contribution in [0.3, 0.4) is 0 Å². The average molecular weight is 191 g/mol. The summed E-state index contributed by atoms with van der Waals surface area (Å²) in [7, 11) is 0. The van der Waals surface area contributed by atoms with Crippen LogP contribution in [0.5, 0.6) is 0 Å². The van der Waals surface area contributed by atoms with Gasteiger partial charge < -0.3 is 10.4 Å². The van der Waals surface area contributed by atoms with Crippen LogP contribution in [0.4, 0.5) is 5.82 Å². The van der Waals surface area contributed by atoms with Crippen LogP contribution in [0.2, 0.25) is 0 Å². The number of nitrogens with one attached hydrogen (secondary N) is 1. The van der Waals surface area contributed by atoms with E-state index in [1.807, 2.05) is 6.92 Å². The summed E-state index contributed by atoms with van der Waals surface area (Å²) < 4.78 is 0. The molecule has 0 saturated heterocycles. The van der Waals surface area contributed by atoms with E-state index in [1.54, 1.807) is 19.2 Å². The first-order valence-electron chi connectivity index (χ1n) is 4.42. The third-order valence-electron chi connectivity index (χ3n) is 1.84. The maximum atomic E-state index is 9.07.